The molecule has 19 heavy (non-hydrogen) atoms. The average Bonchev–Trinajstić information content (AvgIpc) is 2.95. The topological polar surface area (TPSA) is 54.8 Å². The molecule has 5 heteroatoms. The van der Waals surface area contributed by atoms with E-state index in [-0.39, 0.29) is 0 Å². The standard InChI is InChI=1S/C14H15N5/c1-2-11-12(3-1)17-9-18-14(11)19-5-4-10-6-15-8-16-13(10)7-19/h6,8-9H,1-5,7H2. The number of hydrogen-bond donors (Lipinski definition) is 0. The molecule has 0 spiro atoms. The lowest BCUT2D eigenvalue weighted by atomic mass is 10.1. The summed E-state index contributed by atoms with van der Waals surface area (Å²) in [6, 6.07) is 0. The van der Waals surface area contributed by atoms with Gasteiger partial charge in [-0.2, -0.15) is 0 Å². The number of hydrogen-bond acceptors (Lipinski definition) is 5. The Balaban J connectivity index is 1.70. The zero-order valence-corrected chi connectivity index (χ0v) is 10.7. The maximum atomic E-state index is 4.52. The van der Waals surface area contributed by atoms with Gasteiger partial charge in [0.05, 0.1) is 12.2 Å². The fourth-order valence-electron chi connectivity index (χ4n) is 3.05. The van der Waals surface area contributed by atoms with Gasteiger partial charge in [-0.25, -0.2) is 19.9 Å². The van der Waals surface area contributed by atoms with E-state index in [1.54, 1.807) is 12.7 Å². The van der Waals surface area contributed by atoms with Gasteiger partial charge >= 0.3 is 0 Å². The van der Waals surface area contributed by atoms with Gasteiger partial charge in [-0.1, -0.05) is 0 Å². The third kappa shape index (κ3) is 1.77. The summed E-state index contributed by atoms with van der Waals surface area (Å²) in [4.78, 5) is 19.7. The Labute approximate surface area is 111 Å². The molecule has 0 saturated carbocycles. The van der Waals surface area contributed by atoms with Crippen LogP contribution < -0.4 is 4.90 Å². The zero-order valence-electron chi connectivity index (χ0n) is 10.7. The molecule has 0 radical (unpaired) electrons. The highest BCUT2D eigenvalue weighted by Crippen LogP contribution is 2.30. The monoisotopic (exact) mass is 253 g/mol. The van der Waals surface area contributed by atoms with Crippen LogP contribution in [0.3, 0.4) is 0 Å². The van der Waals surface area contributed by atoms with Crippen LogP contribution >= 0.6 is 0 Å². The Bertz CT molecular complexity index is 625. The summed E-state index contributed by atoms with van der Waals surface area (Å²) in [6.45, 7) is 1.82. The molecule has 0 atom stereocenters. The molecule has 0 bridgehead atoms. The van der Waals surface area contributed by atoms with E-state index in [1.807, 2.05) is 6.20 Å². The second-order valence-corrected chi connectivity index (χ2v) is 5.14. The molecular weight excluding hydrogens is 238 g/mol. The summed E-state index contributed by atoms with van der Waals surface area (Å²) in [5.41, 5.74) is 4.98. The quantitative estimate of drug-likeness (QED) is 0.767. The molecule has 0 aromatic carbocycles. The van der Waals surface area contributed by atoms with Crippen molar-refractivity contribution >= 4 is 5.82 Å². The van der Waals surface area contributed by atoms with Crippen molar-refractivity contribution in [2.75, 3.05) is 11.4 Å². The first-order valence-electron chi connectivity index (χ1n) is 6.77. The number of nitrogens with zero attached hydrogens (tertiary/aromatic N) is 5. The van der Waals surface area contributed by atoms with Crippen molar-refractivity contribution in [2.24, 2.45) is 0 Å². The number of anilines is 1. The molecule has 0 unspecified atom stereocenters. The van der Waals surface area contributed by atoms with Gasteiger partial charge in [0.25, 0.3) is 0 Å². The van der Waals surface area contributed by atoms with Gasteiger partial charge in [-0.3, -0.25) is 0 Å². The molecule has 96 valence electrons. The summed E-state index contributed by atoms with van der Waals surface area (Å²) in [5.74, 6) is 1.12. The smallest absolute Gasteiger partial charge is 0.135 e. The Hall–Kier alpha value is -2.04. The number of aromatic nitrogens is 4. The van der Waals surface area contributed by atoms with Gasteiger partial charge in [-0.05, 0) is 31.2 Å². The molecule has 2 aliphatic rings. The first kappa shape index (κ1) is 10.8. The van der Waals surface area contributed by atoms with E-state index in [9.17, 15) is 0 Å². The van der Waals surface area contributed by atoms with Crippen LogP contribution in [0.4, 0.5) is 5.82 Å². The summed E-state index contributed by atoms with van der Waals surface area (Å²) >= 11 is 0. The Kier molecular flexibility index (Phi) is 2.43. The van der Waals surface area contributed by atoms with Crippen LogP contribution in [0.2, 0.25) is 0 Å². The third-order valence-corrected chi connectivity index (χ3v) is 4.02. The van der Waals surface area contributed by atoms with Crippen LogP contribution in [0.25, 0.3) is 0 Å². The average molecular weight is 253 g/mol. The SMILES string of the molecule is c1ncc2c(n1)CN(c1ncnc3c1CCC3)CC2. The fourth-order valence-corrected chi connectivity index (χ4v) is 3.05. The lowest BCUT2D eigenvalue weighted by Gasteiger charge is -2.29. The van der Waals surface area contributed by atoms with Gasteiger partial charge in [0, 0.05) is 24.0 Å². The minimum atomic E-state index is 0.835. The van der Waals surface area contributed by atoms with Crippen LogP contribution in [0.15, 0.2) is 18.9 Å². The van der Waals surface area contributed by atoms with Gasteiger partial charge in [0.2, 0.25) is 0 Å². The van der Waals surface area contributed by atoms with Crippen LogP contribution in [0, 0.1) is 0 Å². The molecule has 1 aliphatic carbocycles. The molecule has 5 nitrogen and oxygen atoms in total. The number of rotatable bonds is 1. The molecule has 1 aliphatic heterocycles. The number of fused-ring (bicyclic) bond motifs is 2. The normalized spacial score (nSPS) is 17.2. The van der Waals surface area contributed by atoms with Gasteiger partial charge < -0.3 is 4.90 Å². The fraction of sp³-hybridized carbons (Fsp3) is 0.429. The molecule has 0 saturated heterocycles. The van der Waals surface area contributed by atoms with E-state index in [4.69, 9.17) is 0 Å². The molecule has 3 heterocycles. The molecule has 0 N–H and O–H groups in total. The summed E-state index contributed by atoms with van der Waals surface area (Å²) in [5, 5.41) is 0. The Morgan fingerprint density at radius 3 is 2.89 bits per heavy atom. The van der Waals surface area contributed by atoms with Crippen molar-refractivity contribution in [3.8, 4) is 0 Å². The highest BCUT2D eigenvalue weighted by molar-refractivity contribution is 5.51. The molecule has 0 amide bonds. The van der Waals surface area contributed by atoms with E-state index >= 15 is 0 Å². The van der Waals surface area contributed by atoms with E-state index in [0.29, 0.717) is 0 Å². The van der Waals surface area contributed by atoms with Crippen molar-refractivity contribution in [3.63, 3.8) is 0 Å². The summed E-state index contributed by atoms with van der Waals surface area (Å²) in [6.07, 6.45) is 9.67. The van der Waals surface area contributed by atoms with Gasteiger partial charge in [-0.15, -0.1) is 0 Å². The van der Waals surface area contributed by atoms with Crippen molar-refractivity contribution in [1.82, 2.24) is 19.9 Å². The minimum Gasteiger partial charge on any atom is -0.350 e. The van der Waals surface area contributed by atoms with Gasteiger partial charge in [0.1, 0.15) is 18.5 Å². The first-order valence-corrected chi connectivity index (χ1v) is 6.77. The van der Waals surface area contributed by atoms with E-state index < -0.39 is 0 Å². The third-order valence-electron chi connectivity index (χ3n) is 4.02. The minimum absolute atomic E-state index is 0.835. The molecule has 2 aromatic rings. The molecule has 0 fully saturated rings. The lowest BCUT2D eigenvalue weighted by Crippen LogP contribution is -2.32. The zero-order chi connectivity index (χ0) is 12.7. The molecular formula is C14H15N5. The second kappa shape index (κ2) is 4.26. The van der Waals surface area contributed by atoms with Crippen LogP contribution in [0.1, 0.15) is 28.9 Å². The molecule has 4 rings (SSSR count). The maximum Gasteiger partial charge on any atom is 0.135 e. The summed E-state index contributed by atoms with van der Waals surface area (Å²) < 4.78 is 0. The van der Waals surface area contributed by atoms with Crippen LogP contribution in [0.5, 0.6) is 0 Å². The van der Waals surface area contributed by atoms with Gasteiger partial charge in [0.15, 0.2) is 0 Å². The van der Waals surface area contributed by atoms with Crippen molar-refractivity contribution in [3.05, 3.63) is 41.4 Å². The Morgan fingerprint density at radius 1 is 0.947 bits per heavy atom. The highest BCUT2D eigenvalue weighted by atomic mass is 15.2. The van der Waals surface area contributed by atoms with Crippen molar-refractivity contribution in [2.45, 2.75) is 32.2 Å². The van der Waals surface area contributed by atoms with E-state index in [1.165, 1.54) is 23.2 Å². The van der Waals surface area contributed by atoms with E-state index in [0.717, 1.165) is 43.9 Å². The predicted octanol–water partition coefficient (Wildman–Crippen LogP) is 1.32. The largest absolute Gasteiger partial charge is 0.350 e. The van der Waals surface area contributed by atoms with E-state index in [2.05, 4.69) is 24.8 Å². The van der Waals surface area contributed by atoms with Crippen molar-refractivity contribution < 1.29 is 0 Å². The van der Waals surface area contributed by atoms with Crippen molar-refractivity contribution in [1.29, 1.82) is 0 Å². The first-order chi connectivity index (χ1) is 9.42. The predicted molar refractivity (Wildman–Crippen MR) is 70.8 cm³/mol. The number of aryl methyl sites for hydroxylation is 1. The maximum absolute atomic E-state index is 4.52. The molecule has 2 aromatic heterocycles. The second-order valence-electron chi connectivity index (χ2n) is 5.14. The Morgan fingerprint density at radius 2 is 1.89 bits per heavy atom. The van der Waals surface area contributed by atoms with Crippen LogP contribution in [-0.2, 0) is 25.8 Å². The summed E-state index contributed by atoms with van der Waals surface area (Å²) in [7, 11) is 0. The lowest BCUT2D eigenvalue weighted by molar-refractivity contribution is 0.689. The highest BCUT2D eigenvalue weighted by Gasteiger charge is 2.24. The van der Waals surface area contributed by atoms with Crippen LogP contribution in [-0.4, -0.2) is 26.5 Å².